The third-order valence-electron chi connectivity index (χ3n) is 2.58. The van der Waals surface area contributed by atoms with Crippen LogP contribution in [0.15, 0.2) is 28.7 Å². The second-order valence-electron chi connectivity index (χ2n) is 4.13. The summed E-state index contributed by atoms with van der Waals surface area (Å²) >= 11 is 3.31. The number of carbonyl (C=O) groups is 2. The number of hydrogen-bond donors (Lipinski definition) is 3. The van der Waals surface area contributed by atoms with Crippen molar-refractivity contribution in [1.29, 1.82) is 0 Å². The van der Waals surface area contributed by atoms with Gasteiger partial charge in [-0.15, -0.1) is 12.4 Å². The summed E-state index contributed by atoms with van der Waals surface area (Å²) in [5, 5.41) is 5.19. The van der Waals surface area contributed by atoms with Crippen LogP contribution >= 0.6 is 28.3 Å². The van der Waals surface area contributed by atoms with Gasteiger partial charge in [-0.25, -0.2) is 0 Å². The van der Waals surface area contributed by atoms with E-state index in [4.69, 9.17) is 10.5 Å². The summed E-state index contributed by atoms with van der Waals surface area (Å²) in [6, 6.07) is 7.16. The van der Waals surface area contributed by atoms with Crippen molar-refractivity contribution in [2.45, 2.75) is 12.5 Å². The van der Waals surface area contributed by atoms with E-state index in [-0.39, 0.29) is 49.8 Å². The molecule has 1 atom stereocenters. The summed E-state index contributed by atoms with van der Waals surface area (Å²) in [4.78, 5) is 23.2. The van der Waals surface area contributed by atoms with E-state index in [9.17, 15) is 9.59 Å². The Morgan fingerprint density at radius 2 is 1.90 bits per heavy atom. The number of hydrogen-bond acceptors (Lipinski definition) is 4. The van der Waals surface area contributed by atoms with E-state index < -0.39 is 0 Å². The number of nitrogens with one attached hydrogen (secondary N) is 2. The number of anilines is 1. The maximum atomic E-state index is 11.6. The highest BCUT2D eigenvalue weighted by Crippen LogP contribution is 2.13. The van der Waals surface area contributed by atoms with Crippen LogP contribution in [-0.4, -0.2) is 38.1 Å². The van der Waals surface area contributed by atoms with Crippen LogP contribution in [0, 0.1) is 0 Å². The molecule has 2 amide bonds. The summed E-state index contributed by atoms with van der Waals surface area (Å²) in [5.74, 6) is -0.560. The van der Waals surface area contributed by atoms with Gasteiger partial charge < -0.3 is 21.1 Å². The number of carbonyl (C=O) groups excluding carboxylic acids is 2. The van der Waals surface area contributed by atoms with E-state index >= 15 is 0 Å². The van der Waals surface area contributed by atoms with Crippen molar-refractivity contribution in [1.82, 2.24) is 5.32 Å². The minimum atomic E-state index is -0.329. The third-order valence-corrected chi connectivity index (χ3v) is 3.11. The fraction of sp³-hybridized carbons (Fsp3) is 0.385. The van der Waals surface area contributed by atoms with Gasteiger partial charge in [0.25, 0.3) is 0 Å². The van der Waals surface area contributed by atoms with E-state index in [1.54, 1.807) is 12.1 Å². The molecule has 0 aliphatic rings. The van der Waals surface area contributed by atoms with Crippen LogP contribution in [-0.2, 0) is 14.3 Å². The Bertz CT molecular complexity index is 452. The number of amides is 2. The van der Waals surface area contributed by atoms with Crippen molar-refractivity contribution in [3.05, 3.63) is 28.7 Å². The van der Waals surface area contributed by atoms with Gasteiger partial charge in [0.2, 0.25) is 11.8 Å². The Morgan fingerprint density at radius 1 is 1.29 bits per heavy atom. The molecule has 4 N–H and O–H groups in total. The molecule has 0 aliphatic carbocycles. The minimum absolute atomic E-state index is 0. The van der Waals surface area contributed by atoms with E-state index in [2.05, 4.69) is 26.6 Å². The lowest BCUT2D eigenvalue weighted by Gasteiger charge is -2.12. The minimum Gasteiger partial charge on any atom is -0.380 e. The van der Waals surface area contributed by atoms with Crippen molar-refractivity contribution in [3.63, 3.8) is 0 Å². The monoisotopic (exact) mass is 379 g/mol. The fourth-order valence-electron chi connectivity index (χ4n) is 1.46. The van der Waals surface area contributed by atoms with Crippen LogP contribution < -0.4 is 16.4 Å². The normalized spacial score (nSPS) is 11.2. The molecular formula is C13H19BrClN3O3. The lowest BCUT2D eigenvalue weighted by molar-refractivity contribution is -0.125. The number of methoxy groups -OCH3 is 1. The molecule has 0 spiro atoms. The zero-order chi connectivity index (χ0) is 15.0. The van der Waals surface area contributed by atoms with Gasteiger partial charge in [-0.2, -0.15) is 0 Å². The topological polar surface area (TPSA) is 93.4 Å². The van der Waals surface area contributed by atoms with Crippen LogP contribution in [0.5, 0.6) is 0 Å². The smallest absolute Gasteiger partial charge is 0.243 e. The van der Waals surface area contributed by atoms with Crippen LogP contribution in [0.25, 0.3) is 0 Å². The highest BCUT2D eigenvalue weighted by Gasteiger charge is 2.12. The predicted molar refractivity (Wildman–Crippen MR) is 87.5 cm³/mol. The second kappa shape index (κ2) is 10.6. The van der Waals surface area contributed by atoms with Crippen molar-refractivity contribution in [2.24, 2.45) is 5.73 Å². The summed E-state index contributed by atoms with van der Waals surface area (Å²) in [6.07, 6.45) is -0.192. The third kappa shape index (κ3) is 8.01. The Morgan fingerprint density at radius 3 is 2.43 bits per heavy atom. The first-order valence-corrected chi connectivity index (χ1v) is 6.89. The Kier molecular flexibility index (Phi) is 9.98. The van der Waals surface area contributed by atoms with E-state index in [1.165, 1.54) is 7.11 Å². The molecule has 0 aliphatic heterocycles. The summed E-state index contributed by atoms with van der Waals surface area (Å²) in [6.45, 7) is 0.172. The predicted octanol–water partition coefficient (Wildman–Crippen LogP) is 1.29. The molecule has 21 heavy (non-hydrogen) atoms. The molecule has 8 heteroatoms. The average Bonchev–Trinajstić information content (AvgIpc) is 2.45. The molecule has 0 radical (unpaired) electrons. The maximum Gasteiger partial charge on any atom is 0.243 e. The second-order valence-corrected chi connectivity index (χ2v) is 5.05. The van der Waals surface area contributed by atoms with Gasteiger partial charge in [0.05, 0.1) is 19.1 Å². The number of halogens is 2. The van der Waals surface area contributed by atoms with Crippen LogP contribution in [0.3, 0.4) is 0 Å². The molecule has 0 bridgehead atoms. The first-order valence-electron chi connectivity index (χ1n) is 6.10. The van der Waals surface area contributed by atoms with E-state index in [1.807, 2.05) is 12.1 Å². The summed E-state index contributed by atoms with van der Waals surface area (Å²) < 4.78 is 5.92. The van der Waals surface area contributed by atoms with Crippen LogP contribution in [0.1, 0.15) is 6.42 Å². The number of rotatable bonds is 7. The van der Waals surface area contributed by atoms with Gasteiger partial charge >= 0.3 is 0 Å². The Labute approximate surface area is 138 Å². The van der Waals surface area contributed by atoms with Crippen molar-refractivity contribution >= 4 is 45.8 Å². The molecule has 1 unspecified atom stereocenters. The SMILES string of the molecule is COC(CN)CC(=O)NCC(=O)Nc1ccc(Br)cc1.Cl. The van der Waals surface area contributed by atoms with E-state index in [0.717, 1.165) is 4.47 Å². The van der Waals surface area contributed by atoms with Crippen molar-refractivity contribution in [2.75, 3.05) is 25.5 Å². The molecule has 0 saturated heterocycles. The van der Waals surface area contributed by atoms with Gasteiger partial charge in [-0.05, 0) is 24.3 Å². The van der Waals surface area contributed by atoms with Gasteiger partial charge in [0, 0.05) is 23.8 Å². The zero-order valence-electron chi connectivity index (χ0n) is 11.6. The molecule has 1 aromatic rings. The maximum absolute atomic E-state index is 11.6. The van der Waals surface area contributed by atoms with Crippen molar-refractivity contribution in [3.8, 4) is 0 Å². The first kappa shape index (κ1) is 19.9. The largest absolute Gasteiger partial charge is 0.380 e. The summed E-state index contributed by atoms with van der Waals surface area (Å²) in [5.41, 5.74) is 6.08. The highest BCUT2D eigenvalue weighted by molar-refractivity contribution is 9.10. The molecular weight excluding hydrogens is 362 g/mol. The number of ether oxygens (including phenoxy) is 1. The number of benzene rings is 1. The quantitative estimate of drug-likeness (QED) is 0.664. The first-order chi connectivity index (χ1) is 9.55. The Hall–Kier alpha value is -1.15. The highest BCUT2D eigenvalue weighted by atomic mass is 79.9. The van der Waals surface area contributed by atoms with Crippen LogP contribution in [0.4, 0.5) is 5.69 Å². The molecule has 1 aromatic carbocycles. The van der Waals surface area contributed by atoms with E-state index in [0.29, 0.717) is 5.69 Å². The molecule has 0 fully saturated rings. The number of nitrogens with two attached hydrogens (primary N) is 1. The van der Waals surface area contributed by atoms with Gasteiger partial charge in [-0.1, -0.05) is 15.9 Å². The molecule has 118 valence electrons. The summed E-state index contributed by atoms with van der Waals surface area (Å²) in [7, 11) is 1.49. The molecule has 6 nitrogen and oxygen atoms in total. The molecule has 0 saturated carbocycles. The van der Waals surface area contributed by atoms with Gasteiger partial charge in [0.15, 0.2) is 0 Å². The van der Waals surface area contributed by atoms with Crippen LogP contribution in [0.2, 0.25) is 0 Å². The lowest BCUT2D eigenvalue weighted by Crippen LogP contribution is -2.36. The average molecular weight is 381 g/mol. The van der Waals surface area contributed by atoms with Gasteiger partial charge in [0.1, 0.15) is 0 Å². The molecule has 0 heterocycles. The lowest BCUT2D eigenvalue weighted by atomic mass is 10.2. The Balaban J connectivity index is 0.00000400. The zero-order valence-corrected chi connectivity index (χ0v) is 14.0. The van der Waals surface area contributed by atoms with Gasteiger partial charge in [-0.3, -0.25) is 9.59 Å². The fourth-order valence-corrected chi connectivity index (χ4v) is 1.72. The molecule has 1 rings (SSSR count). The standard InChI is InChI=1S/C13H18BrN3O3.ClH/c1-20-11(7-15)6-12(18)16-8-13(19)17-10-4-2-9(14)3-5-10;/h2-5,11H,6-8,15H2,1H3,(H,16,18)(H,17,19);1H. The molecule has 0 aromatic heterocycles. The van der Waals surface area contributed by atoms with Crippen molar-refractivity contribution < 1.29 is 14.3 Å².